The Morgan fingerprint density at radius 3 is 2.55 bits per heavy atom. The van der Waals surface area contributed by atoms with Gasteiger partial charge < -0.3 is 10.0 Å². The smallest absolute Gasteiger partial charge is 0.412 e. The summed E-state index contributed by atoms with van der Waals surface area (Å²) in [5.41, 5.74) is 1.40. The molecule has 2 aliphatic rings. The highest BCUT2D eigenvalue weighted by atomic mass is 16.4. The van der Waals surface area contributed by atoms with E-state index in [1.54, 1.807) is 0 Å². The monoisotopic (exact) mass is 298 g/mol. The second kappa shape index (κ2) is 5.87. The van der Waals surface area contributed by atoms with Crippen LogP contribution in [0.5, 0.6) is 0 Å². The standard InChI is InChI=1S/C18H22N2O2/c1-18(20(17(21)22)15-8-3-2-4-9-15)11-7-10-16(14-18)19-12-5-6-13-19/h2-4,7-11H,5-6,12-14H2,1H3,(H,21,22). The Morgan fingerprint density at radius 1 is 1.23 bits per heavy atom. The number of nitrogens with zero attached hydrogens (tertiary/aromatic N) is 2. The first-order valence-corrected chi connectivity index (χ1v) is 7.82. The SMILES string of the molecule is CC1(N(C(=O)O)c2ccccc2)C=CC=C(N2CCCC2)C1. The van der Waals surface area contributed by atoms with Gasteiger partial charge in [-0.3, -0.25) is 4.90 Å². The summed E-state index contributed by atoms with van der Waals surface area (Å²) in [7, 11) is 0. The Labute approximate surface area is 131 Å². The molecule has 1 atom stereocenters. The van der Waals surface area contributed by atoms with Crippen molar-refractivity contribution < 1.29 is 9.90 Å². The molecule has 22 heavy (non-hydrogen) atoms. The molecule has 4 heteroatoms. The van der Waals surface area contributed by atoms with Gasteiger partial charge in [-0.15, -0.1) is 0 Å². The van der Waals surface area contributed by atoms with Gasteiger partial charge in [0.25, 0.3) is 0 Å². The second-order valence-corrected chi connectivity index (χ2v) is 6.20. The molecule has 116 valence electrons. The number of hydrogen-bond donors (Lipinski definition) is 1. The summed E-state index contributed by atoms with van der Waals surface area (Å²) in [6, 6.07) is 9.34. The van der Waals surface area contributed by atoms with Crippen molar-refractivity contribution in [3.8, 4) is 0 Å². The normalized spacial score (nSPS) is 24.2. The summed E-state index contributed by atoms with van der Waals surface area (Å²) >= 11 is 0. The molecule has 1 aromatic carbocycles. The molecule has 1 amide bonds. The predicted octanol–water partition coefficient (Wildman–Crippen LogP) is 3.87. The Balaban J connectivity index is 1.89. The Bertz CT molecular complexity index is 603. The van der Waals surface area contributed by atoms with Crippen LogP contribution >= 0.6 is 0 Å². The van der Waals surface area contributed by atoms with E-state index < -0.39 is 11.6 Å². The van der Waals surface area contributed by atoms with Crippen molar-refractivity contribution in [2.45, 2.75) is 31.7 Å². The number of likely N-dealkylation sites (tertiary alicyclic amines) is 1. The number of hydrogen-bond acceptors (Lipinski definition) is 2. The molecule has 0 radical (unpaired) electrons. The van der Waals surface area contributed by atoms with Crippen molar-refractivity contribution in [1.82, 2.24) is 4.90 Å². The number of amides is 1. The topological polar surface area (TPSA) is 43.8 Å². The Kier molecular flexibility index (Phi) is 3.92. The molecular weight excluding hydrogens is 276 g/mol. The highest BCUT2D eigenvalue weighted by Gasteiger charge is 2.37. The molecule has 0 saturated carbocycles. The maximum Gasteiger partial charge on any atom is 0.412 e. The van der Waals surface area contributed by atoms with E-state index in [2.05, 4.69) is 11.0 Å². The van der Waals surface area contributed by atoms with Crippen molar-refractivity contribution in [1.29, 1.82) is 0 Å². The van der Waals surface area contributed by atoms with Gasteiger partial charge in [-0.05, 0) is 38.0 Å². The van der Waals surface area contributed by atoms with Crippen LogP contribution in [0.25, 0.3) is 0 Å². The van der Waals surface area contributed by atoms with E-state index in [1.165, 1.54) is 23.4 Å². The first-order chi connectivity index (χ1) is 10.6. The van der Waals surface area contributed by atoms with Gasteiger partial charge in [0.15, 0.2) is 0 Å². The molecule has 1 fully saturated rings. The van der Waals surface area contributed by atoms with Gasteiger partial charge >= 0.3 is 6.09 Å². The summed E-state index contributed by atoms with van der Waals surface area (Å²) < 4.78 is 0. The average molecular weight is 298 g/mol. The summed E-state index contributed by atoms with van der Waals surface area (Å²) in [5, 5.41) is 9.75. The quantitative estimate of drug-likeness (QED) is 0.921. The molecule has 0 aromatic heterocycles. The molecule has 1 aromatic rings. The summed E-state index contributed by atoms with van der Waals surface area (Å²) in [6.45, 7) is 4.15. The molecule has 1 N–H and O–H groups in total. The third-order valence-corrected chi connectivity index (χ3v) is 4.51. The first-order valence-electron chi connectivity index (χ1n) is 7.82. The highest BCUT2D eigenvalue weighted by molar-refractivity contribution is 5.88. The minimum absolute atomic E-state index is 0.556. The largest absolute Gasteiger partial charge is 0.465 e. The van der Waals surface area contributed by atoms with Crippen LogP contribution in [0.2, 0.25) is 0 Å². The number of anilines is 1. The number of benzene rings is 1. The zero-order chi connectivity index (χ0) is 15.6. The van der Waals surface area contributed by atoms with Crippen molar-refractivity contribution in [2.75, 3.05) is 18.0 Å². The van der Waals surface area contributed by atoms with Crippen LogP contribution in [0.3, 0.4) is 0 Å². The number of rotatable bonds is 3. The zero-order valence-electron chi connectivity index (χ0n) is 12.9. The first kappa shape index (κ1) is 14.7. The molecule has 1 aliphatic carbocycles. The van der Waals surface area contributed by atoms with Crippen LogP contribution in [0.15, 0.2) is 54.3 Å². The van der Waals surface area contributed by atoms with Crippen molar-refractivity contribution >= 4 is 11.8 Å². The molecule has 1 unspecified atom stereocenters. The van der Waals surface area contributed by atoms with E-state index in [1.807, 2.05) is 49.4 Å². The molecule has 3 rings (SSSR count). The van der Waals surface area contributed by atoms with Gasteiger partial charge in [-0.2, -0.15) is 0 Å². The highest BCUT2D eigenvalue weighted by Crippen LogP contribution is 2.35. The van der Waals surface area contributed by atoms with E-state index in [9.17, 15) is 9.90 Å². The van der Waals surface area contributed by atoms with Gasteiger partial charge in [0.05, 0.1) is 5.54 Å². The molecule has 4 nitrogen and oxygen atoms in total. The number of carboxylic acid groups (broad SMARTS) is 1. The number of para-hydroxylation sites is 1. The van der Waals surface area contributed by atoms with Crippen LogP contribution in [0, 0.1) is 0 Å². The molecule has 1 heterocycles. The summed E-state index contributed by atoms with van der Waals surface area (Å²) in [4.78, 5) is 15.8. The maximum absolute atomic E-state index is 11.9. The molecule has 0 bridgehead atoms. The van der Waals surface area contributed by atoms with Gasteiger partial charge in [-0.1, -0.05) is 30.4 Å². The van der Waals surface area contributed by atoms with E-state index in [-0.39, 0.29) is 0 Å². The lowest BCUT2D eigenvalue weighted by atomic mass is 9.88. The average Bonchev–Trinajstić information content (AvgIpc) is 3.02. The second-order valence-electron chi connectivity index (χ2n) is 6.20. The van der Waals surface area contributed by atoms with E-state index in [0.29, 0.717) is 12.1 Å². The van der Waals surface area contributed by atoms with Crippen LogP contribution in [0.4, 0.5) is 10.5 Å². The lowest BCUT2D eigenvalue weighted by Gasteiger charge is -2.41. The van der Waals surface area contributed by atoms with E-state index in [4.69, 9.17) is 0 Å². The van der Waals surface area contributed by atoms with Gasteiger partial charge in [-0.25, -0.2) is 4.79 Å². The third-order valence-electron chi connectivity index (χ3n) is 4.51. The lowest BCUT2D eigenvalue weighted by molar-refractivity contribution is 0.195. The van der Waals surface area contributed by atoms with Crippen molar-refractivity contribution in [2.24, 2.45) is 0 Å². The fourth-order valence-electron chi connectivity index (χ4n) is 3.43. The lowest BCUT2D eigenvalue weighted by Crippen LogP contribution is -2.50. The molecule has 1 aliphatic heterocycles. The van der Waals surface area contributed by atoms with Crippen LogP contribution < -0.4 is 4.90 Å². The molecule has 1 saturated heterocycles. The van der Waals surface area contributed by atoms with Gasteiger partial charge in [0.2, 0.25) is 0 Å². The zero-order valence-corrected chi connectivity index (χ0v) is 12.9. The molecule has 0 spiro atoms. The predicted molar refractivity (Wildman–Crippen MR) is 88.0 cm³/mol. The fourth-order valence-corrected chi connectivity index (χ4v) is 3.43. The van der Waals surface area contributed by atoms with Crippen LogP contribution in [0.1, 0.15) is 26.2 Å². The van der Waals surface area contributed by atoms with E-state index in [0.717, 1.165) is 13.1 Å². The number of carbonyl (C=O) groups is 1. The Morgan fingerprint density at radius 2 is 1.91 bits per heavy atom. The number of allylic oxidation sites excluding steroid dienone is 2. The third kappa shape index (κ3) is 2.73. The van der Waals surface area contributed by atoms with Gasteiger partial charge in [0.1, 0.15) is 0 Å². The minimum Gasteiger partial charge on any atom is -0.465 e. The Hall–Kier alpha value is -2.23. The molecular formula is C18H22N2O2. The van der Waals surface area contributed by atoms with Crippen LogP contribution in [-0.2, 0) is 0 Å². The maximum atomic E-state index is 11.9. The summed E-state index contributed by atoms with van der Waals surface area (Å²) in [6.07, 6.45) is 8.35. The minimum atomic E-state index is -0.916. The van der Waals surface area contributed by atoms with E-state index >= 15 is 0 Å². The van der Waals surface area contributed by atoms with Crippen molar-refractivity contribution in [3.63, 3.8) is 0 Å². The fraction of sp³-hybridized carbons (Fsp3) is 0.389. The van der Waals surface area contributed by atoms with Gasteiger partial charge in [0, 0.05) is 30.9 Å². The van der Waals surface area contributed by atoms with Crippen LogP contribution in [-0.4, -0.2) is 34.7 Å². The summed E-state index contributed by atoms with van der Waals surface area (Å²) in [5.74, 6) is 0. The van der Waals surface area contributed by atoms with Crippen molar-refractivity contribution in [3.05, 3.63) is 54.3 Å².